The maximum atomic E-state index is 6.16. The van der Waals surface area contributed by atoms with Crippen molar-refractivity contribution in [3.05, 3.63) is 0 Å². The fourth-order valence-electron chi connectivity index (χ4n) is 4.88. The van der Waals surface area contributed by atoms with Crippen LogP contribution < -0.4 is 16.4 Å². The molecule has 6 unspecified atom stereocenters. The zero-order valence-corrected chi connectivity index (χ0v) is 11.1. The van der Waals surface area contributed by atoms with Crippen LogP contribution in [0.1, 0.15) is 44.9 Å². The highest BCUT2D eigenvalue weighted by Crippen LogP contribution is 2.37. The van der Waals surface area contributed by atoms with Gasteiger partial charge in [0.25, 0.3) is 0 Å². The van der Waals surface area contributed by atoms with Gasteiger partial charge in [-0.25, -0.2) is 0 Å². The summed E-state index contributed by atoms with van der Waals surface area (Å²) in [6.45, 7) is 0. The highest BCUT2D eigenvalue weighted by molar-refractivity contribution is 4.92. The van der Waals surface area contributed by atoms with E-state index in [0.717, 1.165) is 23.9 Å². The zero-order valence-electron chi connectivity index (χ0n) is 11.1. The Labute approximate surface area is 105 Å². The molecule has 0 spiro atoms. The van der Waals surface area contributed by atoms with Crippen LogP contribution in [-0.2, 0) is 0 Å². The van der Waals surface area contributed by atoms with Crippen molar-refractivity contribution in [1.29, 1.82) is 0 Å². The Morgan fingerprint density at radius 3 is 1.71 bits per heavy atom. The van der Waals surface area contributed by atoms with Crippen LogP contribution in [-0.4, -0.2) is 31.2 Å². The summed E-state index contributed by atoms with van der Waals surface area (Å²) < 4.78 is 0. The average Bonchev–Trinajstić information content (AvgIpc) is 2.32. The molecule has 3 aliphatic rings. The Bertz CT molecular complexity index is 255. The molecule has 0 amide bonds. The SMILES string of the molecule is C[NH+]1C2CC(N)CCC2CC2CCC(N)CC21. The molecule has 6 atom stereocenters. The molecule has 3 heteroatoms. The minimum Gasteiger partial charge on any atom is -0.332 e. The van der Waals surface area contributed by atoms with Crippen LogP contribution in [0.25, 0.3) is 0 Å². The second kappa shape index (κ2) is 4.52. The maximum absolute atomic E-state index is 6.16. The number of fused-ring (bicyclic) bond motifs is 2. The molecular formula is C14H28N3+. The third kappa shape index (κ3) is 2.13. The number of nitrogens with two attached hydrogens (primary N) is 2. The van der Waals surface area contributed by atoms with Gasteiger partial charge in [0.1, 0.15) is 0 Å². The predicted octanol–water partition coefficient (Wildman–Crippen LogP) is -0.103. The highest BCUT2D eigenvalue weighted by atomic mass is 15.2. The normalized spacial score (nSPS) is 54.9. The number of rotatable bonds is 0. The maximum Gasteiger partial charge on any atom is 0.0918 e. The van der Waals surface area contributed by atoms with E-state index in [-0.39, 0.29) is 0 Å². The van der Waals surface area contributed by atoms with E-state index in [0.29, 0.717) is 12.1 Å². The van der Waals surface area contributed by atoms with Crippen molar-refractivity contribution in [2.45, 2.75) is 69.1 Å². The first kappa shape index (κ1) is 11.9. The van der Waals surface area contributed by atoms with Crippen molar-refractivity contribution in [2.24, 2.45) is 23.3 Å². The fraction of sp³-hybridized carbons (Fsp3) is 1.00. The van der Waals surface area contributed by atoms with Crippen molar-refractivity contribution >= 4 is 0 Å². The molecule has 1 heterocycles. The van der Waals surface area contributed by atoms with Crippen LogP contribution in [0.3, 0.4) is 0 Å². The quantitative estimate of drug-likeness (QED) is 0.552. The summed E-state index contributed by atoms with van der Waals surface area (Å²) in [5, 5.41) is 0. The summed E-state index contributed by atoms with van der Waals surface area (Å²) in [5.41, 5.74) is 12.3. The minimum absolute atomic E-state index is 0.458. The molecule has 3 fully saturated rings. The van der Waals surface area contributed by atoms with E-state index < -0.39 is 0 Å². The molecule has 0 radical (unpaired) electrons. The lowest BCUT2D eigenvalue weighted by molar-refractivity contribution is -0.948. The van der Waals surface area contributed by atoms with E-state index in [1.807, 2.05) is 0 Å². The second-order valence-corrected chi connectivity index (χ2v) is 6.86. The third-order valence-electron chi connectivity index (χ3n) is 5.84. The Kier molecular flexibility index (Phi) is 3.18. The van der Waals surface area contributed by atoms with Gasteiger partial charge in [0.2, 0.25) is 0 Å². The molecule has 3 rings (SSSR count). The van der Waals surface area contributed by atoms with Crippen LogP contribution >= 0.6 is 0 Å². The van der Waals surface area contributed by atoms with Gasteiger partial charge < -0.3 is 16.4 Å². The van der Waals surface area contributed by atoms with Crippen molar-refractivity contribution in [3.63, 3.8) is 0 Å². The van der Waals surface area contributed by atoms with E-state index in [1.165, 1.54) is 44.9 Å². The van der Waals surface area contributed by atoms with E-state index in [1.54, 1.807) is 4.90 Å². The van der Waals surface area contributed by atoms with Gasteiger partial charge in [0.15, 0.2) is 0 Å². The van der Waals surface area contributed by atoms with Crippen LogP contribution in [0.15, 0.2) is 0 Å². The largest absolute Gasteiger partial charge is 0.332 e. The summed E-state index contributed by atoms with van der Waals surface area (Å²) in [6.07, 6.45) is 9.21. The summed E-state index contributed by atoms with van der Waals surface area (Å²) in [4.78, 5) is 1.76. The van der Waals surface area contributed by atoms with E-state index in [9.17, 15) is 0 Å². The Morgan fingerprint density at radius 2 is 1.24 bits per heavy atom. The van der Waals surface area contributed by atoms with Crippen LogP contribution in [0, 0.1) is 11.8 Å². The molecule has 0 aromatic rings. The summed E-state index contributed by atoms with van der Waals surface area (Å²) in [7, 11) is 2.41. The van der Waals surface area contributed by atoms with Crippen LogP contribution in [0.5, 0.6) is 0 Å². The standard InChI is InChI=1S/C14H27N3/c1-17-13-7-11(15)4-2-9(13)6-10-3-5-12(16)8-14(10)17/h9-14H,2-8,15-16H2,1H3/p+1. The van der Waals surface area contributed by atoms with Gasteiger partial charge in [-0.05, 0) is 32.1 Å². The van der Waals surface area contributed by atoms with Gasteiger partial charge in [0, 0.05) is 36.8 Å². The molecule has 0 bridgehead atoms. The summed E-state index contributed by atoms with van der Waals surface area (Å²) in [6, 6.07) is 2.57. The molecule has 17 heavy (non-hydrogen) atoms. The number of hydrogen-bond acceptors (Lipinski definition) is 2. The fourth-order valence-corrected chi connectivity index (χ4v) is 4.88. The topological polar surface area (TPSA) is 56.5 Å². The number of quaternary nitrogens is 1. The third-order valence-corrected chi connectivity index (χ3v) is 5.84. The first-order valence-electron chi connectivity index (χ1n) is 7.49. The number of piperidine rings is 1. The van der Waals surface area contributed by atoms with E-state index >= 15 is 0 Å². The molecule has 2 saturated carbocycles. The monoisotopic (exact) mass is 238 g/mol. The van der Waals surface area contributed by atoms with Gasteiger partial charge in [-0.2, -0.15) is 0 Å². The van der Waals surface area contributed by atoms with Crippen LogP contribution in [0.2, 0.25) is 0 Å². The summed E-state index contributed by atoms with van der Waals surface area (Å²) >= 11 is 0. The van der Waals surface area contributed by atoms with Crippen molar-refractivity contribution < 1.29 is 4.90 Å². The molecule has 3 nitrogen and oxygen atoms in total. The number of nitrogens with one attached hydrogen (secondary N) is 1. The molecule has 5 N–H and O–H groups in total. The molecular weight excluding hydrogens is 210 g/mol. The Hall–Kier alpha value is -0.120. The van der Waals surface area contributed by atoms with Gasteiger partial charge in [-0.1, -0.05) is 0 Å². The van der Waals surface area contributed by atoms with Crippen molar-refractivity contribution in [2.75, 3.05) is 7.05 Å². The number of hydrogen-bond donors (Lipinski definition) is 3. The van der Waals surface area contributed by atoms with E-state index in [2.05, 4.69) is 7.05 Å². The second-order valence-electron chi connectivity index (χ2n) is 6.86. The first-order chi connectivity index (χ1) is 8.15. The molecule has 2 aliphatic carbocycles. The number of likely N-dealkylation sites (tertiary alicyclic amines) is 1. The van der Waals surface area contributed by atoms with Gasteiger partial charge in [0.05, 0.1) is 19.1 Å². The lowest BCUT2D eigenvalue weighted by Crippen LogP contribution is -3.20. The zero-order chi connectivity index (χ0) is 12.0. The lowest BCUT2D eigenvalue weighted by atomic mass is 9.67. The molecule has 1 aliphatic heterocycles. The Morgan fingerprint density at radius 1 is 0.765 bits per heavy atom. The molecule has 1 saturated heterocycles. The molecule has 0 aromatic heterocycles. The molecule has 0 aromatic carbocycles. The first-order valence-corrected chi connectivity index (χ1v) is 7.49. The Balaban J connectivity index is 1.75. The van der Waals surface area contributed by atoms with E-state index in [4.69, 9.17) is 11.5 Å². The summed E-state index contributed by atoms with van der Waals surface area (Å²) in [5.74, 6) is 1.90. The molecule has 98 valence electrons. The minimum atomic E-state index is 0.458. The smallest absolute Gasteiger partial charge is 0.0918 e. The predicted molar refractivity (Wildman–Crippen MR) is 69.7 cm³/mol. The van der Waals surface area contributed by atoms with Crippen molar-refractivity contribution in [3.8, 4) is 0 Å². The van der Waals surface area contributed by atoms with Gasteiger partial charge in [-0.15, -0.1) is 0 Å². The van der Waals surface area contributed by atoms with Crippen LogP contribution in [0.4, 0.5) is 0 Å². The van der Waals surface area contributed by atoms with Gasteiger partial charge in [-0.3, -0.25) is 0 Å². The highest BCUT2D eigenvalue weighted by Gasteiger charge is 2.47. The lowest BCUT2D eigenvalue weighted by Gasteiger charge is -2.51. The average molecular weight is 238 g/mol. The van der Waals surface area contributed by atoms with Gasteiger partial charge >= 0.3 is 0 Å². The van der Waals surface area contributed by atoms with Crippen molar-refractivity contribution in [1.82, 2.24) is 0 Å².